The van der Waals surface area contributed by atoms with E-state index in [1.807, 2.05) is 9.80 Å². The maximum atomic E-state index is 12.9. The number of aromatic nitrogens is 2. The molecule has 0 unspecified atom stereocenters. The van der Waals surface area contributed by atoms with E-state index < -0.39 is 6.43 Å². The highest BCUT2D eigenvalue weighted by Crippen LogP contribution is 2.33. The number of fused-ring (bicyclic) bond motifs is 2. The molecule has 5 rings (SSSR count). The lowest BCUT2D eigenvalue weighted by atomic mass is 9.90. The van der Waals surface area contributed by atoms with Crippen LogP contribution in [0.2, 0.25) is 0 Å². The average Bonchev–Trinajstić information content (AvgIpc) is 3.15. The normalized spacial score (nSPS) is 18.4. The number of halogens is 2. The molecule has 2 aromatic rings. The van der Waals surface area contributed by atoms with Crippen molar-refractivity contribution in [2.24, 2.45) is 5.92 Å². The molecule has 0 spiro atoms. The number of hydrogen-bond acceptors (Lipinski definition) is 4. The molecular weight excluding hydrogens is 386 g/mol. The Hall–Kier alpha value is -2.57. The molecule has 7 heteroatoms. The molecule has 158 valence electrons. The smallest absolute Gasteiger partial charge is 0.280 e. The van der Waals surface area contributed by atoms with Crippen molar-refractivity contribution in [1.29, 1.82) is 0 Å². The third kappa shape index (κ3) is 3.44. The van der Waals surface area contributed by atoms with E-state index >= 15 is 0 Å². The van der Waals surface area contributed by atoms with Crippen molar-refractivity contribution in [2.45, 2.75) is 58.5 Å². The van der Waals surface area contributed by atoms with Crippen LogP contribution < -0.4 is 4.90 Å². The molecule has 0 N–H and O–H groups in total. The SMILES string of the molecule is Cc1c2c(nc3c1CN(C(=O)CC1CN(c4ccnc(C(F)F)c4)C1)C3)CCCC2. The average molecular weight is 412 g/mol. The molecule has 5 nitrogen and oxygen atoms in total. The topological polar surface area (TPSA) is 49.3 Å². The van der Waals surface area contributed by atoms with Gasteiger partial charge in [0.15, 0.2) is 0 Å². The predicted molar refractivity (Wildman–Crippen MR) is 109 cm³/mol. The fraction of sp³-hybridized carbons (Fsp3) is 0.522. The van der Waals surface area contributed by atoms with Gasteiger partial charge in [-0.3, -0.25) is 14.8 Å². The summed E-state index contributed by atoms with van der Waals surface area (Å²) in [5.74, 6) is 0.421. The minimum atomic E-state index is -2.57. The van der Waals surface area contributed by atoms with Crippen molar-refractivity contribution in [3.05, 3.63) is 52.1 Å². The van der Waals surface area contributed by atoms with E-state index in [4.69, 9.17) is 4.98 Å². The Labute approximate surface area is 175 Å². The van der Waals surface area contributed by atoms with Crippen LogP contribution in [0.5, 0.6) is 0 Å². The Kier molecular flexibility index (Phi) is 4.91. The molecule has 4 heterocycles. The van der Waals surface area contributed by atoms with Gasteiger partial charge in [-0.2, -0.15) is 0 Å². The molecule has 0 saturated carbocycles. The lowest BCUT2D eigenvalue weighted by molar-refractivity contribution is -0.133. The number of hydrogen-bond donors (Lipinski definition) is 0. The Morgan fingerprint density at radius 3 is 2.77 bits per heavy atom. The highest BCUT2D eigenvalue weighted by molar-refractivity contribution is 5.77. The van der Waals surface area contributed by atoms with Crippen molar-refractivity contribution in [2.75, 3.05) is 18.0 Å². The van der Waals surface area contributed by atoms with Gasteiger partial charge in [0.05, 0.1) is 12.2 Å². The van der Waals surface area contributed by atoms with Gasteiger partial charge in [-0.1, -0.05) is 0 Å². The zero-order valence-corrected chi connectivity index (χ0v) is 17.2. The minimum Gasteiger partial charge on any atom is -0.371 e. The summed E-state index contributed by atoms with van der Waals surface area (Å²) in [6, 6.07) is 3.19. The largest absolute Gasteiger partial charge is 0.371 e. The number of carbonyl (C=O) groups excluding carboxylic acids is 1. The van der Waals surface area contributed by atoms with Crippen LogP contribution >= 0.6 is 0 Å². The number of nitrogens with zero attached hydrogens (tertiary/aromatic N) is 4. The van der Waals surface area contributed by atoms with Crippen LogP contribution in [0.25, 0.3) is 0 Å². The fourth-order valence-electron chi connectivity index (χ4n) is 5.03. The molecule has 30 heavy (non-hydrogen) atoms. The molecular formula is C23H26F2N4O. The Balaban J connectivity index is 1.19. The maximum Gasteiger partial charge on any atom is 0.280 e. The monoisotopic (exact) mass is 412 g/mol. The summed E-state index contributed by atoms with van der Waals surface area (Å²) in [5.41, 5.74) is 6.86. The first-order valence-electron chi connectivity index (χ1n) is 10.8. The molecule has 3 aliphatic rings. The molecule has 2 aromatic heterocycles. The van der Waals surface area contributed by atoms with Crippen LogP contribution in [0.4, 0.5) is 14.5 Å². The third-order valence-corrected chi connectivity index (χ3v) is 6.78. The van der Waals surface area contributed by atoms with E-state index in [-0.39, 0.29) is 17.5 Å². The minimum absolute atomic E-state index is 0.165. The summed E-state index contributed by atoms with van der Waals surface area (Å²) in [5, 5.41) is 0. The Bertz CT molecular complexity index is 987. The number of amides is 1. The molecule has 2 aliphatic heterocycles. The van der Waals surface area contributed by atoms with Crippen LogP contribution in [0.3, 0.4) is 0 Å². The van der Waals surface area contributed by atoms with E-state index in [9.17, 15) is 13.6 Å². The van der Waals surface area contributed by atoms with Gasteiger partial charge in [0.25, 0.3) is 6.43 Å². The van der Waals surface area contributed by atoms with Gasteiger partial charge in [0.2, 0.25) is 5.91 Å². The zero-order chi connectivity index (χ0) is 20.8. The van der Waals surface area contributed by atoms with Crippen LogP contribution in [-0.4, -0.2) is 33.9 Å². The summed E-state index contributed by atoms with van der Waals surface area (Å²) in [4.78, 5) is 25.5. The number of carbonyl (C=O) groups is 1. The molecule has 1 saturated heterocycles. The Morgan fingerprint density at radius 1 is 1.17 bits per heavy atom. The van der Waals surface area contributed by atoms with Gasteiger partial charge < -0.3 is 9.80 Å². The second kappa shape index (κ2) is 7.60. The first kappa shape index (κ1) is 19.4. The van der Waals surface area contributed by atoms with Crippen LogP contribution in [0, 0.1) is 12.8 Å². The lowest BCUT2D eigenvalue weighted by Gasteiger charge is -2.41. The summed E-state index contributed by atoms with van der Waals surface area (Å²) in [7, 11) is 0. The van der Waals surface area contributed by atoms with E-state index in [0.717, 1.165) is 24.2 Å². The van der Waals surface area contributed by atoms with Crippen molar-refractivity contribution in [1.82, 2.24) is 14.9 Å². The zero-order valence-electron chi connectivity index (χ0n) is 17.2. The second-order valence-electron chi connectivity index (χ2n) is 8.76. The number of pyridine rings is 2. The first-order valence-corrected chi connectivity index (χ1v) is 10.8. The van der Waals surface area contributed by atoms with E-state index in [1.54, 1.807) is 6.07 Å². The molecule has 1 fully saturated rings. The highest BCUT2D eigenvalue weighted by Gasteiger charge is 2.34. The summed E-state index contributed by atoms with van der Waals surface area (Å²) < 4.78 is 25.7. The maximum absolute atomic E-state index is 12.9. The number of rotatable bonds is 4. The summed E-state index contributed by atoms with van der Waals surface area (Å²) in [6.45, 7) is 4.89. The number of anilines is 1. The van der Waals surface area contributed by atoms with E-state index in [0.29, 0.717) is 32.6 Å². The van der Waals surface area contributed by atoms with Crippen molar-refractivity contribution in [3.8, 4) is 0 Å². The molecule has 0 atom stereocenters. The van der Waals surface area contributed by atoms with Crippen molar-refractivity contribution in [3.63, 3.8) is 0 Å². The van der Waals surface area contributed by atoms with Gasteiger partial charge in [0, 0.05) is 49.6 Å². The van der Waals surface area contributed by atoms with Crippen molar-refractivity contribution >= 4 is 11.6 Å². The van der Waals surface area contributed by atoms with Crippen LogP contribution in [0.1, 0.15) is 59.5 Å². The summed E-state index contributed by atoms with van der Waals surface area (Å²) >= 11 is 0. The van der Waals surface area contributed by atoms with Gasteiger partial charge in [0.1, 0.15) is 5.69 Å². The second-order valence-corrected chi connectivity index (χ2v) is 8.76. The highest BCUT2D eigenvalue weighted by atomic mass is 19.3. The third-order valence-electron chi connectivity index (χ3n) is 6.78. The first-order chi connectivity index (χ1) is 14.5. The number of alkyl halides is 2. The molecule has 0 radical (unpaired) electrons. The lowest BCUT2D eigenvalue weighted by Crippen LogP contribution is -2.48. The van der Waals surface area contributed by atoms with Crippen LogP contribution in [-0.2, 0) is 30.7 Å². The quantitative estimate of drug-likeness (QED) is 0.763. The molecule has 1 amide bonds. The van der Waals surface area contributed by atoms with Gasteiger partial charge >= 0.3 is 0 Å². The fourth-order valence-corrected chi connectivity index (χ4v) is 5.03. The molecule has 1 aliphatic carbocycles. The van der Waals surface area contributed by atoms with Crippen molar-refractivity contribution < 1.29 is 13.6 Å². The van der Waals surface area contributed by atoms with Gasteiger partial charge in [-0.25, -0.2) is 8.78 Å². The van der Waals surface area contributed by atoms with E-state index in [1.165, 1.54) is 47.5 Å². The van der Waals surface area contributed by atoms with Crippen LogP contribution in [0.15, 0.2) is 18.3 Å². The molecule has 0 bridgehead atoms. The van der Waals surface area contributed by atoms with E-state index in [2.05, 4.69) is 11.9 Å². The molecule has 0 aromatic carbocycles. The standard InChI is InChI=1S/C23H26F2N4O/c1-14-17-4-2-3-5-19(17)27-21-13-29(12-18(14)21)22(30)8-15-10-28(11-15)16-6-7-26-20(9-16)23(24)25/h6-7,9,15,23H,2-5,8,10-13H2,1H3. The van der Waals surface area contributed by atoms with Gasteiger partial charge in [-0.05, 0) is 61.4 Å². The van der Waals surface area contributed by atoms with Gasteiger partial charge in [-0.15, -0.1) is 0 Å². The predicted octanol–water partition coefficient (Wildman–Crippen LogP) is 3.97. The Morgan fingerprint density at radius 2 is 1.97 bits per heavy atom. The summed E-state index contributed by atoms with van der Waals surface area (Å²) in [6.07, 6.45) is 3.94. The number of aryl methyl sites for hydroxylation is 1.